The van der Waals surface area contributed by atoms with E-state index in [1.807, 2.05) is 24.3 Å². The number of carbonyl (C=O) groups is 1. The summed E-state index contributed by atoms with van der Waals surface area (Å²) in [5.41, 5.74) is 1.95. The summed E-state index contributed by atoms with van der Waals surface area (Å²) in [4.78, 5) is 16.3. The average molecular weight is 388 g/mol. The molecule has 7 heteroatoms. The van der Waals surface area contributed by atoms with Crippen molar-refractivity contribution in [1.29, 1.82) is 0 Å². The summed E-state index contributed by atoms with van der Waals surface area (Å²) in [6.07, 6.45) is 3.74. The Morgan fingerprint density at radius 3 is 2.56 bits per heavy atom. The minimum atomic E-state index is -0.839. The lowest BCUT2D eigenvalue weighted by Crippen LogP contribution is -2.14. The minimum Gasteiger partial charge on any atom is -0.383 e. The van der Waals surface area contributed by atoms with Gasteiger partial charge in [-0.15, -0.1) is 0 Å². The van der Waals surface area contributed by atoms with E-state index < -0.39 is 17.5 Å². The van der Waals surface area contributed by atoms with Gasteiger partial charge in [-0.05, 0) is 42.3 Å². The first kappa shape index (κ1) is 18.8. The van der Waals surface area contributed by atoms with Crippen molar-refractivity contribution in [3.63, 3.8) is 0 Å². The van der Waals surface area contributed by atoms with Crippen LogP contribution in [-0.2, 0) is 6.42 Å². The van der Waals surface area contributed by atoms with Crippen molar-refractivity contribution in [2.24, 2.45) is 0 Å². The third-order valence-electron chi connectivity index (χ3n) is 3.84. The molecule has 2 aromatic carbocycles. The van der Waals surface area contributed by atoms with Crippen molar-refractivity contribution < 1.29 is 13.6 Å². The second-order valence-electron chi connectivity index (χ2n) is 5.84. The third kappa shape index (κ3) is 5.24. The average Bonchev–Trinajstić information content (AvgIpc) is 2.66. The van der Waals surface area contributed by atoms with Crippen molar-refractivity contribution in [2.45, 2.75) is 6.42 Å². The summed E-state index contributed by atoms with van der Waals surface area (Å²) < 4.78 is 26.6. The van der Waals surface area contributed by atoms with Gasteiger partial charge >= 0.3 is 0 Å². The minimum absolute atomic E-state index is 0.0949. The highest BCUT2D eigenvalue weighted by atomic mass is 35.5. The molecule has 0 aliphatic heterocycles. The number of nitrogens with one attached hydrogen (secondary N) is 2. The van der Waals surface area contributed by atoms with E-state index in [4.69, 9.17) is 11.6 Å². The number of benzene rings is 2. The summed E-state index contributed by atoms with van der Waals surface area (Å²) in [6.45, 7) is 0.640. The molecule has 3 aromatic rings. The number of hydrogen-bond acceptors (Lipinski definition) is 3. The zero-order chi connectivity index (χ0) is 19.2. The number of halogens is 3. The topological polar surface area (TPSA) is 54.0 Å². The molecule has 0 saturated heterocycles. The lowest BCUT2D eigenvalue weighted by Gasteiger charge is -2.09. The normalized spacial score (nSPS) is 10.5. The fourth-order valence-electron chi connectivity index (χ4n) is 2.45. The van der Waals surface area contributed by atoms with Crippen LogP contribution in [0.4, 0.5) is 20.2 Å². The van der Waals surface area contributed by atoms with Gasteiger partial charge in [-0.2, -0.15) is 0 Å². The lowest BCUT2D eigenvalue weighted by atomic mass is 10.1. The standard InChI is InChI=1S/C20H16ClF2N3O/c21-15-3-1-13(2-4-15)7-8-25-17-9-14(11-24-12-17)20(27)26-19-6-5-16(22)10-18(19)23/h1-6,9-12,25H,7-8H2,(H,26,27). The van der Waals surface area contributed by atoms with Crippen molar-refractivity contribution in [3.05, 3.63) is 88.7 Å². The van der Waals surface area contributed by atoms with E-state index >= 15 is 0 Å². The van der Waals surface area contributed by atoms with Gasteiger partial charge < -0.3 is 10.6 Å². The molecule has 4 nitrogen and oxygen atoms in total. The molecule has 0 aliphatic rings. The fraction of sp³-hybridized carbons (Fsp3) is 0.100. The predicted molar refractivity (Wildman–Crippen MR) is 102 cm³/mol. The molecule has 1 heterocycles. The Labute approximate surface area is 160 Å². The second kappa shape index (κ2) is 8.60. The first-order valence-electron chi connectivity index (χ1n) is 8.21. The van der Waals surface area contributed by atoms with Crippen molar-refractivity contribution in [2.75, 3.05) is 17.2 Å². The molecule has 0 atom stereocenters. The Bertz CT molecular complexity index is 948. The van der Waals surface area contributed by atoms with Gasteiger partial charge in [0, 0.05) is 30.0 Å². The molecule has 0 bridgehead atoms. The van der Waals surface area contributed by atoms with Crippen LogP contribution >= 0.6 is 11.6 Å². The van der Waals surface area contributed by atoms with E-state index in [1.54, 1.807) is 12.3 Å². The number of pyridine rings is 1. The Morgan fingerprint density at radius 2 is 1.81 bits per heavy atom. The number of carbonyl (C=O) groups excluding carboxylic acids is 1. The molecule has 27 heavy (non-hydrogen) atoms. The molecule has 0 fully saturated rings. The summed E-state index contributed by atoms with van der Waals surface area (Å²) in [5, 5.41) is 6.28. The third-order valence-corrected chi connectivity index (χ3v) is 4.09. The Balaban J connectivity index is 1.60. The highest BCUT2D eigenvalue weighted by Gasteiger charge is 2.11. The van der Waals surface area contributed by atoms with Gasteiger partial charge in [-0.3, -0.25) is 9.78 Å². The second-order valence-corrected chi connectivity index (χ2v) is 6.28. The SMILES string of the molecule is O=C(Nc1ccc(F)cc1F)c1cncc(NCCc2ccc(Cl)cc2)c1. The van der Waals surface area contributed by atoms with Gasteiger partial charge in [-0.25, -0.2) is 8.78 Å². The smallest absolute Gasteiger partial charge is 0.257 e. The number of aromatic nitrogens is 1. The van der Waals surface area contributed by atoms with Gasteiger partial charge in [0.25, 0.3) is 5.91 Å². The van der Waals surface area contributed by atoms with E-state index in [2.05, 4.69) is 15.6 Å². The molecule has 0 saturated carbocycles. The van der Waals surface area contributed by atoms with Gasteiger partial charge in [0.15, 0.2) is 0 Å². The molecule has 0 radical (unpaired) electrons. The number of rotatable bonds is 6. The maximum Gasteiger partial charge on any atom is 0.257 e. The highest BCUT2D eigenvalue weighted by Crippen LogP contribution is 2.17. The Morgan fingerprint density at radius 1 is 1.04 bits per heavy atom. The van der Waals surface area contributed by atoms with Crippen molar-refractivity contribution in [1.82, 2.24) is 4.98 Å². The van der Waals surface area contributed by atoms with Crippen LogP contribution in [0.25, 0.3) is 0 Å². The molecule has 1 amide bonds. The molecule has 0 aliphatic carbocycles. The summed E-state index contributed by atoms with van der Waals surface area (Å²) in [5.74, 6) is -2.08. The number of nitrogens with zero attached hydrogens (tertiary/aromatic N) is 1. The van der Waals surface area contributed by atoms with Crippen molar-refractivity contribution in [3.8, 4) is 0 Å². The zero-order valence-electron chi connectivity index (χ0n) is 14.2. The molecule has 0 unspecified atom stereocenters. The van der Waals surface area contributed by atoms with Crippen LogP contribution in [-0.4, -0.2) is 17.4 Å². The van der Waals surface area contributed by atoms with E-state index in [1.165, 1.54) is 12.3 Å². The van der Waals surface area contributed by atoms with Gasteiger partial charge in [-0.1, -0.05) is 23.7 Å². The first-order valence-corrected chi connectivity index (χ1v) is 8.59. The zero-order valence-corrected chi connectivity index (χ0v) is 14.9. The quantitative estimate of drug-likeness (QED) is 0.631. The largest absolute Gasteiger partial charge is 0.383 e. The maximum absolute atomic E-state index is 13.7. The monoisotopic (exact) mass is 387 g/mol. The molecule has 1 aromatic heterocycles. The van der Waals surface area contributed by atoms with Gasteiger partial charge in [0.1, 0.15) is 11.6 Å². The first-order chi connectivity index (χ1) is 13.0. The summed E-state index contributed by atoms with van der Waals surface area (Å²) in [7, 11) is 0. The number of anilines is 2. The van der Waals surface area contributed by atoms with Crippen LogP contribution < -0.4 is 10.6 Å². The molecular weight excluding hydrogens is 372 g/mol. The fourth-order valence-corrected chi connectivity index (χ4v) is 2.57. The van der Waals surface area contributed by atoms with Crippen LogP contribution in [0.3, 0.4) is 0 Å². The molecular formula is C20H16ClF2N3O. The van der Waals surface area contributed by atoms with E-state index in [9.17, 15) is 13.6 Å². The van der Waals surface area contributed by atoms with Crippen LogP contribution in [0.5, 0.6) is 0 Å². The van der Waals surface area contributed by atoms with Crippen LogP contribution in [0.1, 0.15) is 15.9 Å². The van der Waals surface area contributed by atoms with Crippen molar-refractivity contribution >= 4 is 28.9 Å². The van der Waals surface area contributed by atoms with E-state index in [-0.39, 0.29) is 11.3 Å². The molecule has 2 N–H and O–H groups in total. The summed E-state index contributed by atoms with van der Waals surface area (Å²) >= 11 is 5.86. The molecule has 3 rings (SSSR count). The highest BCUT2D eigenvalue weighted by molar-refractivity contribution is 6.30. The van der Waals surface area contributed by atoms with Crippen LogP contribution in [0.2, 0.25) is 5.02 Å². The van der Waals surface area contributed by atoms with E-state index in [0.717, 1.165) is 18.1 Å². The van der Waals surface area contributed by atoms with Crippen LogP contribution in [0.15, 0.2) is 60.9 Å². The predicted octanol–water partition coefficient (Wildman–Crippen LogP) is 4.92. The number of amides is 1. The van der Waals surface area contributed by atoms with Crippen LogP contribution in [0, 0.1) is 11.6 Å². The maximum atomic E-state index is 13.7. The van der Waals surface area contributed by atoms with Gasteiger partial charge in [0.2, 0.25) is 0 Å². The Hall–Kier alpha value is -2.99. The molecule has 138 valence electrons. The molecule has 0 spiro atoms. The number of hydrogen-bond donors (Lipinski definition) is 2. The summed E-state index contributed by atoms with van der Waals surface area (Å²) in [6, 6.07) is 12.1. The van der Waals surface area contributed by atoms with E-state index in [0.29, 0.717) is 23.3 Å². The van der Waals surface area contributed by atoms with Gasteiger partial charge in [0.05, 0.1) is 16.9 Å². The lowest BCUT2D eigenvalue weighted by molar-refractivity contribution is 0.102. The Kier molecular flexibility index (Phi) is 5.98.